The van der Waals surface area contributed by atoms with E-state index in [4.69, 9.17) is 4.52 Å². The molecule has 0 amide bonds. The highest BCUT2D eigenvalue weighted by Gasteiger charge is 2.33. The lowest BCUT2D eigenvalue weighted by atomic mass is 10.0. The van der Waals surface area contributed by atoms with E-state index in [1.807, 2.05) is 11.8 Å². The predicted molar refractivity (Wildman–Crippen MR) is 86.2 cm³/mol. The fraction of sp³-hybridized carbons (Fsp3) is 0.857. The lowest BCUT2D eigenvalue weighted by Crippen LogP contribution is -2.45. The number of nitrogens with one attached hydrogen (secondary N) is 1. The molecular formula is C14H25N5OS. The monoisotopic (exact) mass is 311 g/mol. The largest absolute Gasteiger partial charge is 0.337 e. The third-order valence-corrected chi connectivity index (χ3v) is 5.46. The van der Waals surface area contributed by atoms with E-state index in [1.165, 1.54) is 0 Å². The Hall–Kier alpha value is -0.790. The van der Waals surface area contributed by atoms with Gasteiger partial charge >= 0.3 is 0 Å². The van der Waals surface area contributed by atoms with Crippen LogP contribution in [0.3, 0.4) is 0 Å². The van der Waals surface area contributed by atoms with Crippen molar-refractivity contribution in [2.45, 2.75) is 25.3 Å². The first-order chi connectivity index (χ1) is 10.3. The summed E-state index contributed by atoms with van der Waals surface area (Å²) in [7, 11) is 2.15. The highest BCUT2D eigenvalue weighted by Crippen LogP contribution is 2.32. The molecule has 2 aliphatic heterocycles. The number of rotatable bonds is 5. The SMILES string of the molecule is CCCNC1CSCC1c1nc(N2CCN(C)CC2)no1. The van der Waals surface area contributed by atoms with Crippen LogP contribution in [-0.4, -0.2) is 72.4 Å². The molecule has 21 heavy (non-hydrogen) atoms. The van der Waals surface area contributed by atoms with Crippen molar-refractivity contribution >= 4 is 17.7 Å². The minimum Gasteiger partial charge on any atom is -0.337 e. The van der Waals surface area contributed by atoms with Crippen LogP contribution in [0.2, 0.25) is 0 Å². The number of nitrogens with zero attached hydrogens (tertiary/aromatic N) is 4. The molecule has 118 valence electrons. The van der Waals surface area contributed by atoms with Gasteiger partial charge in [-0.05, 0) is 25.2 Å². The summed E-state index contributed by atoms with van der Waals surface area (Å²) in [6.07, 6.45) is 1.16. The van der Waals surface area contributed by atoms with Crippen LogP contribution in [0.4, 0.5) is 5.95 Å². The van der Waals surface area contributed by atoms with Gasteiger partial charge in [0.25, 0.3) is 5.95 Å². The molecule has 1 aromatic heterocycles. The molecule has 0 radical (unpaired) electrons. The first kappa shape index (κ1) is 15.1. The van der Waals surface area contributed by atoms with Crippen LogP contribution < -0.4 is 10.2 Å². The lowest BCUT2D eigenvalue weighted by molar-refractivity contribution is 0.307. The van der Waals surface area contributed by atoms with Crippen molar-refractivity contribution in [2.75, 3.05) is 56.2 Å². The van der Waals surface area contributed by atoms with Crippen LogP contribution in [0.15, 0.2) is 4.52 Å². The van der Waals surface area contributed by atoms with E-state index in [0.29, 0.717) is 12.0 Å². The van der Waals surface area contributed by atoms with Crippen molar-refractivity contribution in [3.63, 3.8) is 0 Å². The number of hydrogen-bond donors (Lipinski definition) is 1. The van der Waals surface area contributed by atoms with Crippen LogP contribution in [0.1, 0.15) is 25.2 Å². The predicted octanol–water partition coefficient (Wildman–Crippen LogP) is 1.02. The van der Waals surface area contributed by atoms with Crippen LogP contribution in [0, 0.1) is 0 Å². The molecular weight excluding hydrogens is 286 g/mol. The first-order valence-electron chi connectivity index (χ1n) is 7.86. The third kappa shape index (κ3) is 3.52. The van der Waals surface area contributed by atoms with E-state index in [1.54, 1.807) is 0 Å². The van der Waals surface area contributed by atoms with Crippen molar-refractivity contribution in [1.82, 2.24) is 20.4 Å². The van der Waals surface area contributed by atoms with Gasteiger partial charge in [0.1, 0.15) is 0 Å². The Bertz CT molecular complexity index is 446. The molecule has 2 unspecified atom stereocenters. The Morgan fingerprint density at radius 2 is 2.10 bits per heavy atom. The molecule has 6 nitrogen and oxygen atoms in total. The first-order valence-corrected chi connectivity index (χ1v) is 9.01. The van der Waals surface area contributed by atoms with Gasteiger partial charge in [0.05, 0.1) is 5.92 Å². The van der Waals surface area contributed by atoms with Crippen LogP contribution in [0.25, 0.3) is 0 Å². The van der Waals surface area contributed by atoms with Crippen LogP contribution in [0.5, 0.6) is 0 Å². The molecule has 2 atom stereocenters. The van der Waals surface area contributed by atoms with E-state index in [9.17, 15) is 0 Å². The van der Waals surface area contributed by atoms with Gasteiger partial charge in [-0.25, -0.2) is 0 Å². The molecule has 0 spiro atoms. The quantitative estimate of drug-likeness (QED) is 0.871. The summed E-state index contributed by atoms with van der Waals surface area (Å²) in [4.78, 5) is 9.23. The van der Waals surface area contributed by atoms with E-state index >= 15 is 0 Å². The molecule has 3 rings (SSSR count). The minimum atomic E-state index is 0.357. The zero-order valence-corrected chi connectivity index (χ0v) is 13.7. The zero-order valence-electron chi connectivity index (χ0n) is 12.9. The Labute approximate surface area is 130 Å². The number of anilines is 1. The van der Waals surface area contributed by atoms with Gasteiger partial charge in [-0.15, -0.1) is 0 Å². The van der Waals surface area contributed by atoms with Gasteiger partial charge in [-0.1, -0.05) is 6.92 Å². The molecule has 0 bridgehead atoms. The average Bonchev–Trinajstić information content (AvgIpc) is 3.14. The van der Waals surface area contributed by atoms with Crippen LogP contribution >= 0.6 is 11.8 Å². The van der Waals surface area contributed by atoms with E-state index in [0.717, 1.165) is 62.5 Å². The third-order valence-electron chi connectivity index (χ3n) is 4.27. The van der Waals surface area contributed by atoms with Gasteiger partial charge in [0.2, 0.25) is 5.89 Å². The van der Waals surface area contributed by atoms with E-state index in [-0.39, 0.29) is 0 Å². The Morgan fingerprint density at radius 1 is 1.29 bits per heavy atom. The average molecular weight is 311 g/mol. The molecule has 3 heterocycles. The number of thioether (sulfide) groups is 1. The fourth-order valence-electron chi connectivity index (χ4n) is 2.84. The topological polar surface area (TPSA) is 57.4 Å². The number of hydrogen-bond acceptors (Lipinski definition) is 7. The smallest absolute Gasteiger partial charge is 0.266 e. The van der Waals surface area contributed by atoms with Gasteiger partial charge in [-0.3, -0.25) is 0 Å². The Kier molecular flexibility index (Phi) is 5.03. The fourth-order valence-corrected chi connectivity index (χ4v) is 4.21. The maximum atomic E-state index is 5.57. The molecule has 2 aliphatic rings. The Morgan fingerprint density at radius 3 is 2.86 bits per heavy atom. The molecule has 0 aromatic carbocycles. The van der Waals surface area contributed by atoms with E-state index < -0.39 is 0 Å². The van der Waals surface area contributed by atoms with Gasteiger partial charge < -0.3 is 19.6 Å². The summed E-state index contributed by atoms with van der Waals surface area (Å²) >= 11 is 1.97. The van der Waals surface area contributed by atoms with Crippen molar-refractivity contribution in [3.05, 3.63) is 5.89 Å². The van der Waals surface area contributed by atoms with Crippen LogP contribution in [-0.2, 0) is 0 Å². The minimum absolute atomic E-state index is 0.357. The summed E-state index contributed by atoms with van der Waals surface area (Å²) in [5.41, 5.74) is 0. The molecule has 7 heteroatoms. The zero-order chi connectivity index (χ0) is 14.7. The lowest BCUT2D eigenvalue weighted by Gasteiger charge is -2.31. The summed E-state index contributed by atoms with van der Waals surface area (Å²) in [6.45, 7) is 7.33. The maximum absolute atomic E-state index is 5.57. The molecule has 2 saturated heterocycles. The summed E-state index contributed by atoms with van der Waals surface area (Å²) < 4.78 is 5.57. The number of aromatic nitrogens is 2. The summed E-state index contributed by atoms with van der Waals surface area (Å²) in [5.74, 6) is 4.14. The highest BCUT2D eigenvalue weighted by molar-refractivity contribution is 7.99. The standard InChI is InChI=1S/C14H25N5OS/c1-3-4-15-12-10-21-9-11(12)13-16-14(17-20-13)19-7-5-18(2)6-8-19/h11-12,15H,3-10H2,1-2H3. The molecule has 2 fully saturated rings. The number of likely N-dealkylation sites (N-methyl/N-ethyl adjacent to an activating group) is 1. The van der Waals surface area contributed by atoms with Crippen molar-refractivity contribution in [2.24, 2.45) is 0 Å². The molecule has 1 aromatic rings. The summed E-state index contributed by atoms with van der Waals surface area (Å²) in [6, 6.07) is 0.468. The number of piperazine rings is 1. The van der Waals surface area contributed by atoms with Gasteiger partial charge in [-0.2, -0.15) is 16.7 Å². The Balaban J connectivity index is 1.64. The molecule has 0 saturated carbocycles. The highest BCUT2D eigenvalue weighted by atomic mass is 32.2. The van der Waals surface area contributed by atoms with Gasteiger partial charge in [0, 0.05) is 43.7 Å². The van der Waals surface area contributed by atoms with Crippen molar-refractivity contribution < 1.29 is 4.52 Å². The van der Waals surface area contributed by atoms with Crippen molar-refractivity contribution in [3.8, 4) is 0 Å². The summed E-state index contributed by atoms with van der Waals surface area (Å²) in [5, 5.41) is 7.81. The second kappa shape index (κ2) is 6.98. The second-order valence-corrected chi connectivity index (χ2v) is 7.00. The second-order valence-electron chi connectivity index (χ2n) is 5.93. The maximum Gasteiger partial charge on any atom is 0.266 e. The normalized spacial score (nSPS) is 27.4. The van der Waals surface area contributed by atoms with E-state index in [2.05, 4.69) is 39.2 Å². The molecule has 0 aliphatic carbocycles. The molecule has 1 N–H and O–H groups in total. The van der Waals surface area contributed by atoms with Gasteiger partial charge in [0.15, 0.2) is 0 Å². The van der Waals surface area contributed by atoms with Crippen molar-refractivity contribution in [1.29, 1.82) is 0 Å².